The van der Waals surface area contributed by atoms with E-state index in [1.165, 1.54) is 18.7 Å². The zero-order valence-corrected chi connectivity index (χ0v) is 16.8. The van der Waals surface area contributed by atoms with Gasteiger partial charge in [-0.15, -0.1) is 11.6 Å². The SMILES string of the molecule is COc1c(CCCCCNCc2c(C)cccc2Cl)oc(CCl)cc1=O. The molecule has 26 heavy (non-hydrogen) atoms. The highest BCUT2D eigenvalue weighted by Gasteiger charge is 2.12. The number of rotatable bonds is 10. The molecule has 0 bridgehead atoms. The van der Waals surface area contributed by atoms with E-state index in [9.17, 15) is 4.79 Å². The minimum atomic E-state index is -0.179. The first-order valence-electron chi connectivity index (χ1n) is 8.77. The van der Waals surface area contributed by atoms with E-state index >= 15 is 0 Å². The Morgan fingerprint density at radius 1 is 1.23 bits per heavy atom. The van der Waals surface area contributed by atoms with Gasteiger partial charge in [-0.25, -0.2) is 0 Å². The molecule has 0 radical (unpaired) electrons. The lowest BCUT2D eigenvalue weighted by atomic mass is 10.1. The maximum Gasteiger partial charge on any atom is 0.227 e. The molecular weight excluding hydrogens is 373 g/mol. The lowest BCUT2D eigenvalue weighted by Gasteiger charge is -2.10. The minimum Gasteiger partial charge on any atom is -0.490 e. The van der Waals surface area contributed by atoms with Crippen molar-refractivity contribution in [2.24, 2.45) is 0 Å². The average Bonchev–Trinajstić information content (AvgIpc) is 2.62. The average molecular weight is 398 g/mol. The molecule has 1 N–H and O–H groups in total. The van der Waals surface area contributed by atoms with Crippen molar-refractivity contribution < 1.29 is 9.15 Å². The summed E-state index contributed by atoms with van der Waals surface area (Å²) in [7, 11) is 1.48. The van der Waals surface area contributed by atoms with Gasteiger partial charge in [-0.05, 0) is 43.5 Å². The van der Waals surface area contributed by atoms with Gasteiger partial charge in [0.2, 0.25) is 11.2 Å². The Morgan fingerprint density at radius 2 is 2.04 bits per heavy atom. The van der Waals surface area contributed by atoms with Crippen molar-refractivity contribution in [2.75, 3.05) is 13.7 Å². The Hall–Kier alpha value is -1.49. The zero-order valence-electron chi connectivity index (χ0n) is 15.2. The van der Waals surface area contributed by atoms with Gasteiger partial charge in [0, 0.05) is 24.1 Å². The van der Waals surface area contributed by atoms with E-state index in [1.54, 1.807) is 0 Å². The third kappa shape index (κ3) is 5.76. The summed E-state index contributed by atoms with van der Waals surface area (Å²) in [5.74, 6) is 1.52. The molecule has 1 aromatic heterocycles. The van der Waals surface area contributed by atoms with E-state index in [-0.39, 0.29) is 17.1 Å². The normalized spacial score (nSPS) is 10.9. The number of methoxy groups -OCH3 is 1. The summed E-state index contributed by atoms with van der Waals surface area (Å²) < 4.78 is 10.8. The number of hydrogen-bond acceptors (Lipinski definition) is 4. The van der Waals surface area contributed by atoms with Crippen LogP contribution in [0.4, 0.5) is 0 Å². The van der Waals surface area contributed by atoms with Gasteiger partial charge in [0.1, 0.15) is 11.5 Å². The number of halogens is 2. The van der Waals surface area contributed by atoms with Crippen LogP contribution in [-0.2, 0) is 18.8 Å². The molecule has 0 aliphatic carbocycles. The van der Waals surface area contributed by atoms with Gasteiger partial charge < -0.3 is 14.5 Å². The molecule has 0 unspecified atom stereocenters. The number of aryl methyl sites for hydroxylation is 2. The second-order valence-corrected chi connectivity index (χ2v) is 6.86. The van der Waals surface area contributed by atoms with Crippen molar-refractivity contribution in [1.29, 1.82) is 0 Å². The van der Waals surface area contributed by atoms with Crippen LogP contribution in [0.2, 0.25) is 5.02 Å². The van der Waals surface area contributed by atoms with Crippen LogP contribution >= 0.6 is 23.2 Å². The van der Waals surface area contributed by atoms with Crippen molar-refractivity contribution in [3.63, 3.8) is 0 Å². The van der Waals surface area contributed by atoms with E-state index in [2.05, 4.69) is 18.3 Å². The molecule has 0 aliphatic heterocycles. The Kier molecular flexibility index (Phi) is 8.49. The smallest absolute Gasteiger partial charge is 0.227 e. The summed E-state index contributed by atoms with van der Waals surface area (Å²) in [5.41, 5.74) is 2.17. The number of unbranched alkanes of at least 4 members (excludes halogenated alkanes) is 2. The van der Waals surface area contributed by atoms with Crippen LogP contribution in [0, 0.1) is 6.92 Å². The van der Waals surface area contributed by atoms with Crippen LogP contribution in [0.25, 0.3) is 0 Å². The first-order chi connectivity index (χ1) is 12.6. The van der Waals surface area contributed by atoms with Crippen LogP contribution < -0.4 is 15.5 Å². The number of alkyl halides is 1. The zero-order chi connectivity index (χ0) is 18.9. The highest BCUT2D eigenvalue weighted by molar-refractivity contribution is 6.31. The highest BCUT2D eigenvalue weighted by atomic mass is 35.5. The van der Waals surface area contributed by atoms with Gasteiger partial charge in [-0.1, -0.05) is 30.2 Å². The van der Waals surface area contributed by atoms with Crippen molar-refractivity contribution in [1.82, 2.24) is 5.32 Å². The highest BCUT2D eigenvalue weighted by Crippen LogP contribution is 2.20. The lowest BCUT2D eigenvalue weighted by Crippen LogP contribution is -2.15. The monoisotopic (exact) mass is 397 g/mol. The molecule has 0 fully saturated rings. The number of hydrogen-bond donors (Lipinski definition) is 1. The molecule has 0 amide bonds. The van der Waals surface area contributed by atoms with Crippen LogP contribution in [-0.4, -0.2) is 13.7 Å². The molecule has 0 saturated heterocycles. The van der Waals surface area contributed by atoms with E-state index in [1.807, 2.05) is 12.1 Å². The summed E-state index contributed by atoms with van der Waals surface area (Å²) in [6, 6.07) is 7.34. The van der Waals surface area contributed by atoms with E-state index < -0.39 is 0 Å². The number of nitrogens with one attached hydrogen (secondary N) is 1. The van der Waals surface area contributed by atoms with E-state index in [0.29, 0.717) is 17.9 Å². The van der Waals surface area contributed by atoms with E-state index in [4.69, 9.17) is 32.4 Å². The van der Waals surface area contributed by atoms with Crippen LogP contribution in [0.3, 0.4) is 0 Å². The van der Waals surface area contributed by atoms with Gasteiger partial charge in [0.25, 0.3) is 0 Å². The molecule has 1 heterocycles. The van der Waals surface area contributed by atoms with Gasteiger partial charge in [-0.3, -0.25) is 4.79 Å². The predicted molar refractivity (Wildman–Crippen MR) is 107 cm³/mol. The molecule has 6 heteroatoms. The molecule has 0 aliphatic rings. The fourth-order valence-corrected chi connectivity index (χ4v) is 3.26. The summed E-state index contributed by atoms with van der Waals surface area (Å²) in [6.45, 7) is 3.75. The Morgan fingerprint density at radius 3 is 2.73 bits per heavy atom. The molecule has 2 rings (SSSR count). The molecular formula is C20H25Cl2NO3. The fraction of sp³-hybridized carbons (Fsp3) is 0.450. The van der Waals surface area contributed by atoms with Crippen LogP contribution in [0.15, 0.2) is 33.5 Å². The second-order valence-electron chi connectivity index (χ2n) is 6.19. The Bertz CT molecular complexity index is 754. The third-order valence-corrected chi connectivity index (χ3v) is 4.89. The van der Waals surface area contributed by atoms with Crippen molar-refractivity contribution >= 4 is 23.2 Å². The van der Waals surface area contributed by atoms with Gasteiger partial charge in [0.05, 0.1) is 13.0 Å². The lowest BCUT2D eigenvalue weighted by molar-refractivity contribution is 0.356. The van der Waals surface area contributed by atoms with Crippen molar-refractivity contribution in [3.8, 4) is 5.75 Å². The second kappa shape index (κ2) is 10.6. The first kappa shape index (κ1) is 20.8. The topological polar surface area (TPSA) is 51.5 Å². The van der Waals surface area contributed by atoms with Gasteiger partial charge in [0.15, 0.2) is 0 Å². The Labute approximate surface area is 164 Å². The Balaban J connectivity index is 1.74. The molecule has 142 valence electrons. The summed E-state index contributed by atoms with van der Waals surface area (Å²) in [4.78, 5) is 12.0. The first-order valence-corrected chi connectivity index (χ1v) is 9.68. The van der Waals surface area contributed by atoms with Gasteiger partial charge >= 0.3 is 0 Å². The summed E-state index contributed by atoms with van der Waals surface area (Å²) in [5, 5.41) is 4.24. The standard InChI is InChI=1S/C20H25Cl2NO3/c1-14-7-6-8-17(22)16(14)13-23-10-5-3-4-9-19-20(25-2)18(24)11-15(12-21)26-19/h6-8,11,23H,3-5,9-10,12-13H2,1-2H3. The quantitative estimate of drug-likeness (QED) is 0.459. The number of ether oxygens (including phenoxy) is 1. The maximum atomic E-state index is 12.0. The molecule has 4 nitrogen and oxygen atoms in total. The summed E-state index contributed by atoms with van der Waals surface area (Å²) in [6.07, 6.45) is 3.63. The summed E-state index contributed by atoms with van der Waals surface area (Å²) >= 11 is 12.0. The number of benzene rings is 1. The van der Waals surface area contributed by atoms with E-state index in [0.717, 1.165) is 42.9 Å². The largest absolute Gasteiger partial charge is 0.490 e. The van der Waals surface area contributed by atoms with Crippen molar-refractivity contribution in [3.05, 3.63) is 62.2 Å². The molecule has 0 spiro atoms. The van der Waals surface area contributed by atoms with Crippen LogP contribution in [0.1, 0.15) is 41.9 Å². The maximum absolute atomic E-state index is 12.0. The third-order valence-electron chi connectivity index (χ3n) is 4.27. The predicted octanol–water partition coefficient (Wildman–Crippen LogP) is 4.85. The molecule has 1 aromatic carbocycles. The molecule has 2 aromatic rings. The van der Waals surface area contributed by atoms with Gasteiger partial charge in [-0.2, -0.15) is 0 Å². The van der Waals surface area contributed by atoms with Crippen LogP contribution in [0.5, 0.6) is 5.75 Å². The molecule has 0 saturated carbocycles. The molecule has 0 atom stereocenters. The minimum absolute atomic E-state index is 0.178. The van der Waals surface area contributed by atoms with Crippen molar-refractivity contribution in [2.45, 2.75) is 45.0 Å². The fourth-order valence-electron chi connectivity index (χ4n) is 2.84.